The minimum absolute atomic E-state index is 0.532. The first kappa shape index (κ1) is 15.0. The van der Waals surface area contributed by atoms with E-state index in [-0.39, 0.29) is 0 Å². The first-order valence-corrected chi connectivity index (χ1v) is 7.27. The smallest absolute Gasteiger partial charge is 0.180 e. The maximum absolute atomic E-state index is 6.20. The molecule has 20 heavy (non-hydrogen) atoms. The van der Waals surface area contributed by atoms with Gasteiger partial charge in [0.2, 0.25) is 0 Å². The quantitative estimate of drug-likeness (QED) is 0.730. The van der Waals surface area contributed by atoms with Crippen LogP contribution in [0.1, 0.15) is 13.8 Å². The normalized spacial score (nSPS) is 10.4. The Kier molecular flexibility index (Phi) is 5.16. The van der Waals surface area contributed by atoms with Gasteiger partial charge in [-0.3, -0.25) is 0 Å². The monoisotopic (exact) mass is 310 g/mol. The third-order valence-electron chi connectivity index (χ3n) is 2.80. The highest BCUT2D eigenvalue weighted by Gasteiger charge is 2.16. The number of ether oxygens (including phenoxy) is 2. The lowest BCUT2D eigenvalue weighted by Gasteiger charge is -2.16. The first-order chi connectivity index (χ1) is 9.67. The summed E-state index contributed by atoms with van der Waals surface area (Å²) in [4.78, 5) is 0. The summed E-state index contributed by atoms with van der Waals surface area (Å²) < 4.78 is 11.4. The Morgan fingerprint density at radius 1 is 0.800 bits per heavy atom. The molecule has 2 aromatic rings. The lowest BCUT2D eigenvalue weighted by molar-refractivity contribution is 0.289. The maximum atomic E-state index is 6.20. The molecule has 0 fully saturated rings. The van der Waals surface area contributed by atoms with E-state index >= 15 is 0 Å². The van der Waals surface area contributed by atoms with Crippen molar-refractivity contribution < 1.29 is 9.47 Å². The molecule has 0 saturated heterocycles. The molecule has 0 heterocycles. The van der Waals surface area contributed by atoms with Crippen LogP contribution >= 0.6 is 23.2 Å². The van der Waals surface area contributed by atoms with Crippen LogP contribution in [0.3, 0.4) is 0 Å². The average molecular weight is 311 g/mol. The Balaban J connectivity index is 2.56. The molecule has 2 rings (SSSR count). The van der Waals surface area contributed by atoms with Crippen LogP contribution < -0.4 is 9.47 Å². The summed E-state index contributed by atoms with van der Waals surface area (Å²) >= 11 is 12.1. The number of benzene rings is 2. The van der Waals surface area contributed by atoms with Gasteiger partial charge in [-0.25, -0.2) is 0 Å². The van der Waals surface area contributed by atoms with Gasteiger partial charge in [0, 0.05) is 10.6 Å². The van der Waals surface area contributed by atoms with Crippen molar-refractivity contribution >= 4 is 23.2 Å². The van der Waals surface area contributed by atoms with E-state index in [9.17, 15) is 0 Å². The van der Waals surface area contributed by atoms with Crippen LogP contribution in [0.2, 0.25) is 10.0 Å². The summed E-state index contributed by atoms with van der Waals surface area (Å²) in [6.45, 7) is 4.92. The van der Waals surface area contributed by atoms with Gasteiger partial charge in [-0.15, -0.1) is 0 Å². The molecule has 0 saturated carbocycles. The first-order valence-electron chi connectivity index (χ1n) is 6.51. The molecule has 106 valence electrons. The molecule has 2 nitrogen and oxygen atoms in total. The Morgan fingerprint density at radius 3 is 2.00 bits per heavy atom. The van der Waals surface area contributed by atoms with E-state index in [2.05, 4.69) is 0 Å². The minimum atomic E-state index is 0.532. The average Bonchev–Trinajstić information content (AvgIpc) is 2.44. The molecule has 0 aliphatic carbocycles. The van der Waals surface area contributed by atoms with E-state index in [0.29, 0.717) is 34.8 Å². The standard InChI is InChI=1S/C16H16Cl2O2/c1-3-19-15-13(11-5-7-12(17)8-6-11)9-10-14(18)16(15)20-4-2/h5-10H,3-4H2,1-2H3. The van der Waals surface area contributed by atoms with Crippen molar-refractivity contribution in [3.63, 3.8) is 0 Å². The van der Waals surface area contributed by atoms with Crippen molar-refractivity contribution in [3.8, 4) is 22.6 Å². The largest absolute Gasteiger partial charge is 0.489 e. The van der Waals surface area contributed by atoms with Crippen molar-refractivity contribution in [1.29, 1.82) is 0 Å². The molecule has 0 spiro atoms. The zero-order valence-corrected chi connectivity index (χ0v) is 13.0. The van der Waals surface area contributed by atoms with E-state index in [1.54, 1.807) is 0 Å². The van der Waals surface area contributed by atoms with E-state index in [4.69, 9.17) is 32.7 Å². The number of halogens is 2. The van der Waals surface area contributed by atoms with Crippen LogP contribution in [-0.2, 0) is 0 Å². The summed E-state index contributed by atoms with van der Waals surface area (Å²) in [6, 6.07) is 11.3. The molecule has 0 N–H and O–H groups in total. The van der Waals surface area contributed by atoms with Crippen molar-refractivity contribution in [1.82, 2.24) is 0 Å². The van der Waals surface area contributed by atoms with Crippen LogP contribution in [0, 0.1) is 0 Å². The highest BCUT2D eigenvalue weighted by atomic mass is 35.5. The van der Waals surface area contributed by atoms with Crippen molar-refractivity contribution in [2.75, 3.05) is 13.2 Å². The zero-order valence-electron chi connectivity index (χ0n) is 11.5. The molecule has 0 aliphatic heterocycles. The molecule has 4 heteroatoms. The van der Waals surface area contributed by atoms with E-state index in [1.165, 1.54) is 0 Å². The second-order valence-corrected chi connectivity index (χ2v) is 4.97. The Bertz CT molecular complexity index is 580. The van der Waals surface area contributed by atoms with Crippen LogP contribution in [0.25, 0.3) is 11.1 Å². The fourth-order valence-electron chi connectivity index (χ4n) is 1.96. The van der Waals surface area contributed by atoms with Gasteiger partial charge < -0.3 is 9.47 Å². The molecule has 0 unspecified atom stereocenters. The second-order valence-electron chi connectivity index (χ2n) is 4.13. The van der Waals surface area contributed by atoms with E-state index in [1.807, 2.05) is 50.2 Å². The van der Waals surface area contributed by atoms with Crippen molar-refractivity contribution in [2.24, 2.45) is 0 Å². The topological polar surface area (TPSA) is 18.5 Å². The van der Waals surface area contributed by atoms with Crippen LogP contribution in [-0.4, -0.2) is 13.2 Å². The van der Waals surface area contributed by atoms with Gasteiger partial charge >= 0.3 is 0 Å². The summed E-state index contributed by atoms with van der Waals surface area (Å²) in [5.41, 5.74) is 1.95. The molecule has 0 bridgehead atoms. The van der Waals surface area contributed by atoms with Crippen molar-refractivity contribution in [2.45, 2.75) is 13.8 Å². The van der Waals surface area contributed by atoms with Crippen LogP contribution in [0.4, 0.5) is 0 Å². The fourth-order valence-corrected chi connectivity index (χ4v) is 2.29. The molecule has 0 aromatic heterocycles. The van der Waals surface area contributed by atoms with Gasteiger partial charge in [0.1, 0.15) is 0 Å². The Labute approximate surface area is 129 Å². The van der Waals surface area contributed by atoms with Gasteiger partial charge in [0.15, 0.2) is 11.5 Å². The third kappa shape index (κ3) is 3.20. The number of hydrogen-bond donors (Lipinski definition) is 0. The summed E-state index contributed by atoms with van der Waals surface area (Å²) in [5, 5.41) is 1.25. The van der Waals surface area contributed by atoms with Gasteiger partial charge in [-0.05, 0) is 43.7 Å². The Morgan fingerprint density at radius 2 is 1.40 bits per heavy atom. The minimum Gasteiger partial charge on any atom is -0.489 e. The summed E-state index contributed by atoms with van der Waals surface area (Å²) in [6.07, 6.45) is 0. The molecular formula is C16H16Cl2O2. The molecule has 0 aliphatic rings. The maximum Gasteiger partial charge on any atom is 0.180 e. The van der Waals surface area contributed by atoms with Gasteiger partial charge in [-0.2, -0.15) is 0 Å². The molecular weight excluding hydrogens is 295 g/mol. The zero-order chi connectivity index (χ0) is 14.5. The Hall–Kier alpha value is -1.38. The second kappa shape index (κ2) is 6.87. The number of hydrogen-bond acceptors (Lipinski definition) is 2. The third-order valence-corrected chi connectivity index (χ3v) is 3.35. The highest BCUT2D eigenvalue weighted by Crippen LogP contribution is 2.43. The van der Waals surface area contributed by atoms with Crippen LogP contribution in [0.15, 0.2) is 36.4 Å². The van der Waals surface area contributed by atoms with E-state index < -0.39 is 0 Å². The van der Waals surface area contributed by atoms with Gasteiger partial charge in [0.25, 0.3) is 0 Å². The lowest BCUT2D eigenvalue weighted by atomic mass is 10.0. The summed E-state index contributed by atoms with van der Waals surface area (Å²) in [7, 11) is 0. The van der Waals surface area contributed by atoms with Crippen LogP contribution in [0.5, 0.6) is 11.5 Å². The fraction of sp³-hybridized carbons (Fsp3) is 0.250. The molecule has 0 amide bonds. The van der Waals surface area contributed by atoms with E-state index in [0.717, 1.165) is 11.1 Å². The predicted molar refractivity (Wildman–Crippen MR) is 84.2 cm³/mol. The van der Waals surface area contributed by atoms with Gasteiger partial charge in [-0.1, -0.05) is 35.3 Å². The summed E-state index contributed by atoms with van der Waals surface area (Å²) in [5.74, 6) is 1.26. The van der Waals surface area contributed by atoms with Crippen molar-refractivity contribution in [3.05, 3.63) is 46.4 Å². The highest BCUT2D eigenvalue weighted by molar-refractivity contribution is 6.32. The number of rotatable bonds is 5. The predicted octanol–water partition coefficient (Wildman–Crippen LogP) is 5.46. The SMILES string of the molecule is CCOc1c(Cl)ccc(-c2ccc(Cl)cc2)c1OCC. The molecule has 0 radical (unpaired) electrons. The molecule has 2 aromatic carbocycles. The lowest BCUT2D eigenvalue weighted by Crippen LogP contribution is -2.00. The molecule has 0 atom stereocenters. The van der Waals surface area contributed by atoms with Gasteiger partial charge in [0.05, 0.1) is 18.2 Å².